The summed E-state index contributed by atoms with van der Waals surface area (Å²) in [6, 6.07) is 8.48. The molecule has 0 aliphatic carbocycles. The highest BCUT2D eigenvalue weighted by Crippen LogP contribution is 2.34. The first-order chi connectivity index (χ1) is 15.4. The summed E-state index contributed by atoms with van der Waals surface area (Å²) >= 11 is 6.11. The van der Waals surface area contributed by atoms with Gasteiger partial charge in [0, 0.05) is 24.7 Å². The number of fused-ring (bicyclic) bond motifs is 1. The molecule has 9 nitrogen and oxygen atoms in total. The maximum atomic E-state index is 14.1. The highest BCUT2D eigenvalue weighted by atomic mass is 35.5. The highest BCUT2D eigenvalue weighted by molar-refractivity contribution is 6.30. The van der Waals surface area contributed by atoms with Gasteiger partial charge in [0.1, 0.15) is 17.8 Å². The molecule has 0 saturated carbocycles. The van der Waals surface area contributed by atoms with Gasteiger partial charge in [0.25, 0.3) is 0 Å². The van der Waals surface area contributed by atoms with Gasteiger partial charge in [-0.2, -0.15) is 0 Å². The molecule has 1 fully saturated rings. The third kappa shape index (κ3) is 4.45. The maximum absolute atomic E-state index is 14.1. The lowest BCUT2D eigenvalue weighted by molar-refractivity contribution is -0.125. The van der Waals surface area contributed by atoms with Gasteiger partial charge in [-0.05, 0) is 49.7 Å². The monoisotopic (exact) mass is 455 g/mol. The molecule has 3 heterocycles. The van der Waals surface area contributed by atoms with Gasteiger partial charge in [-0.15, -0.1) is 0 Å². The van der Waals surface area contributed by atoms with Crippen molar-refractivity contribution in [1.82, 2.24) is 25.6 Å². The number of hydrogen-bond acceptors (Lipinski definition) is 6. The molecule has 1 aromatic carbocycles. The van der Waals surface area contributed by atoms with E-state index in [1.165, 1.54) is 13.3 Å². The number of carbonyl (C=O) groups excluding carboxylic acids is 2. The molecule has 32 heavy (non-hydrogen) atoms. The van der Waals surface area contributed by atoms with Gasteiger partial charge in [0.05, 0.1) is 17.0 Å². The Morgan fingerprint density at radius 3 is 2.62 bits per heavy atom. The Labute approximate surface area is 190 Å². The molecule has 5 N–H and O–H groups in total. The minimum atomic E-state index is -1.06. The summed E-state index contributed by atoms with van der Waals surface area (Å²) in [6.07, 6.45) is 4.16. The second-order valence-corrected chi connectivity index (χ2v) is 8.46. The normalized spacial score (nSPS) is 16.5. The molecule has 1 unspecified atom stereocenters. The number of nitrogens with one attached hydrogen (secondary N) is 3. The summed E-state index contributed by atoms with van der Waals surface area (Å²) in [5.74, 6) is -0.00409. The number of piperidine rings is 1. The van der Waals surface area contributed by atoms with Crippen molar-refractivity contribution in [2.45, 2.75) is 31.3 Å². The molecule has 0 bridgehead atoms. The number of H-pyrrole nitrogens is 1. The van der Waals surface area contributed by atoms with Crippen molar-refractivity contribution in [2.75, 3.05) is 24.5 Å². The Bertz CT molecular complexity index is 1110. The van der Waals surface area contributed by atoms with Crippen LogP contribution in [0.15, 0.2) is 42.9 Å². The zero-order valence-corrected chi connectivity index (χ0v) is 18.5. The van der Waals surface area contributed by atoms with E-state index in [1.54, 1.807) is 23.2 Å². The minimum absolute atomic E-state index is 0.187. The molecular formula is C22H26ClN7O2. The first-order valence-electron chi connectivity index (χ1n) is 10.5. The molecule has 2 amide bonds. The number of aromatic nitrogens is 3. The van der Waals surface area contributed by atoms with Crippen molar-refractivity contribution < 1.29 is 9.59 Å². The van der Waals surface area contributed by atoms with Crippen molar-refractivity contribution in [3.63, 3.8) is 0 Å². The van der Waals surface area contributed by atoms with Crippen LogP contribution in [0.2, 0.25) is 5.02 Å². The number of nitrogens with two attached hydrogens (primary N) is 1. The molecule has 1 aliphatic rings. The van der Waals surface area contributed by atoms with Gasteiger partial charge in [0.15, 0.2) is 0 Å². The fourth-order valence-corrected chi connectivity index (χ4v) is 4.17. The molecule has 2 aromatic heterocycles. The molecule has 4 rings (SSSR count). The van der Waals surface area contributed by atoms with Crippen LogP contribution in [-0.4, -0.2) is 51.9 Å². The predicted molar refractivity (Wildman–Crippen MR) is 123 cm³/mol. The number of benzene rings is 1. The van der Waals surface area contributed by atoms with Crippen LogP contribution in [-0.2, 0) is 9.59 Å². The molecule has 10 heteroatoms. The van der Waals surface area contributed by atoms with Crippen molar-refractivity contribution in [3.8, 4) is 0 Å². The molecular weight excluding hydrogens is 430 g/mol. The zero-order chi connectivity index (χ0) is 22.7. The summed E-state index contributed by atoms with van der Waals surface area (Å²) in [6.45, 7) is 2.93. The average molecular weight is 456 g/mol. The van der Waals surface area contributed by atoms with Crippen LogP contribution in [0.3, 0.4) is 0 Å². The van der Waals surface area contributed by atoms with Gasteiger partial charge in [-0.25, -0.2) is 9.97 Å². The number of carbonyl (C=O) groups is 2. The number of nitrogens with zero attached hydrogens (tertiary/aromatic N) is 3. The number of anilines is 1. The van der Waals surface area contributed by atoms with E-state index in [0.717, 1.165) is 5.56 Å². The Balaban J connectivity index is 1.87. The molecule has 168 valence electrons. The lowest BCUT2D eigenvalue weighted by atomic mass is 9.87. The maximum Gasteiger partial charge on any atom is 0.248 e. The van der Waals surface area contributed by atoms with E-state index in [4.69, 9.17) is 17.3 Å². The smallest absolute Gasteiger partial charge is 0.248 e. The van der Waals surface area contributed by atoms with E-state index >= 15 is 0 Å². The third-order valence-corrected chi connectivity index (χ3v) is 6.06. The number of aromatic amines is 1. The van der Waals surface area contributed by atoms with Crippen molar-refractivity contribution in [2.24, 2.45) is 5.73 Å². The van der Waals surface area contributed by atoms with Gasteiger partial charge in [-0.3, -0.25) is 14.5 Å². The van der Waals surface area contributed by atoms with Crippen LogP contribution in [0.1, 0.15) is 31.4 Å². The van der Waals surface area contributed by atoms with Crippen LogP contribution in [0, 0.1) is 0 Å². The Morgan fingerprint density at radius 1 is 1.22 bits per heavy atom. The Hall–Kier alpha value is -3.01. The summed E-state index contributed by atoms with van der Waals surface area (Å²) in [5.41, 5.74) is 7.02. The van der Waals surface area contributed by atoms with Crippen LogP contribution in [0.4, 0.5) is 5.82 Å². The number of halogens is 1. The summed E-state index contributed by atoms with van der Waals surface area (Å²) < 4.78 is 0. The van der Waals surface area contributed by atoms with E-state index in [9.17, 15) is 9.59 Å². The Kier molecular flexibility index (Phi) is 6.40. The zero-order valence-electron chi connectivity index (χ0n) is 17.8. The van der Waals surface area contributed by atoms with Crippen LogP contribution in [0.5, 0.6) is 0 Å². The number of hydrogen-bond donors (Lipinski definition) is 4. The topological polar surface area (TPSA) is 129 Å². The van der Waals surface area contributed by atoms with E-state index in [1.807, 2.05) is 18.2 Å². The Morgan fingerprint density at radius 2 is 1.94 bits per heavy atom. The van der Waals surface area contributed by atoms with Crippen LogP contribution >= 0.6 is 11.6 Å². The van der Waals surface area contributed by atoms with E-state index in [-0.39, 0.29) is 18.4 Å². The van der Waals surface area contributed by atoms with E-state index in [2.05, 4.69) is 25.6 Å². The summed E-state index contributed by atoms with van der Waals surface area (Å²) in [7, 11) is 0. The van der Waals surface area contributed by atoms with Crippen molar-refractivity contribution in [1.29, 1.82) is 0 Å². The average Bonchev–Trinajstić information content (AvgIpc) is 3.27. The first-order valence-corrected chi connectivity index (χ1v) is 10.9. The van der Waals surface area contributed by atoms with Gasteiger partial charge in [-0.1, -0.05) is 23.7 Å². The fourth-order valence-electron chi connectivity index (χ4n) is 4.05. The van der Waals surface area contributed by atoms with E-state index in [0.29, 0.717) is 47.8 Å². The third-order valence-electron chi connectivity index (χ3n) is 5.81. The molecule has 1 saturated heterocycles. The van der Waals surface area contributed by atoms with E-state index < -0.39 is 11.6 Å². The predicted octanol–water partition coefficient (Wildman–Crippen LogP) is 1.90. The van der Waals surface area contributed by atoms with Gasteiger partial charge in [0.2, 0.25) is 11.8 Å². The molecule has 3 aromatic rings. The number of rotatable bonds is 6. The lowest BCUT2D eigenvalue weighted by Crippen LogP contribution is -2.61. The lowest BCUT2D eigenvalue weighted by Gasteiger charge is -2.40. The summed E-state index contributed by atoms with van der Waals surface area (Å²) in [4.78, 5) is 39.3. The fraction of sp³-hybridized carbons (Fsp3) is 0.364. The molecule has 1 atom stereocenters. The highest BCUT2D eigenvalue weighted by Gasteiger charge is 2.42. The summed E-state index contributed by atoms with van der Waals surface area (Å²) in [5, 5.41) is 7.38. The second-order valence-electron chi connectivity index (χ2n) is 8.02. The van der Waals surface area contributed by atoms with Crippen molar-refractivity contribution in [3.05, 3.63) is 53.4 Å². The van der Waals surface area contributed by atoms with Gasteiger partial charge < -0.3 is 21.4 Å². The van der Waals surface area contributed by atoms with Crippen LogP contribution in [0.25, 0.3) is 11.0 Å². The second kappa shape index (κ2) is 9.23. The molecule has 0 spiro atoms. The standard InChI is InChI=1S/C22H26ClN7O2/c1-14(31)27-12-18(15-2-4-16(23)5-3-15)30(21(32)22(24)7-10-25-11-8-22)20-17-6-9-26-19(17)28-13-29-20/h2-6,9,13,18,25H,7-8,10-12,24H2,1H3,(H,27,31)(H,26,28,29). The number of amides is 2. The SMILES string of the molecule is CC(=O)NCC(c1ccc(Cl)cc1)N(C(=O)C1(N)CCNCC1)c1ncnc2[nH]ccc12. The minimum Gasteiger partial charge on any atom is -0.354 e. The first kappa shape index (κ1) is 22.2. The largest absolute Gasteiger partial charge is 0.354 e. The van der Waals surface area contributed by atoms with Crippen LogP contribution < -0.4 is 21.3 Å². The van der Waals surface area contributed by atoms with Gasteiger partial charge >= 0.3 is 0 Å². The quantitative estimate of drug-likeness (QED) is 0.449. The van der Waals surface area contributed by atoms with Crippen molar-refractivity contribution >= 4 is 40.3 Å². The molecule has 0 radical (unpaired) electrons. The molecule has 1 aliphatic heterocycles.